The maximum atomic E-state index is 12.5. The second kappa shape index (κ2) is 7.94. The number of amides is 1. The van der Waals surface area contributed by atoms with Crippen LogP contribution in [0.5, 0.6) is 0 Å². The third-order valence-corrected chi connectivity index (χ3v) is 5.51. The molecule has 0 saturated heterocycles. The number of hydrazone groups is 1. The maximum Gasteiger partial charge on any atom is 0.256 e. The molecule has 142 valence electrons. The van der Waals surface area contributed by atoms with Crippen LogP contribution in [-0.2, 0) is 6.42 Å². The Labute approximate surface area is 160 Å². The average molecular weight is 365 g/mol. The van der Waals surface area contributed by atoms with Gasteiger partial charge in [0.2, 0.25) is 0 Å². The van der Waals surface area contributed by atoms with E-state index in [1.807, 2.05) is 42.3 Å². The molecule has 2 heterocycles. The zero-order valence-electron chi connectivity index (χ0n) is 15.9. The van der Waals surface area contributed by atoms with Crippen LogP contribution >= 0.6 is 0 Å². The van der Waals surface area contributed by atoms with Crippen molar-refractivity contribution in [1.82, 2.24) is 10.2 Å². The molecular formula is C21H27N5O. The molecule has 2 N–H and O–H groups in total. The summed E-state index contributed by atoms with van der Waals surface area (Å²) in [6.45, 7) is 2.93. The van der Waals surface area contributed by atoms with Crippen molar-refractivity contribution in [2.75, 3.05) is 16.9 Å². The lowest BCUT2D eigenvalue weighted by atomic mass is 9.86. The van der Waals surface area contributed by atoms with E-state index in [1.54, 1.807) is 0 Å². The van der Waals surface area contributed by atoms with Gasteiger partial charge in [-0.15, -0.1) is 0 Å². The molecule has 0 radical (unpaired) electrons. The van der Waals surface area contributed by atoms with Crippen molar-refractivity contribution in [1.29, 1.82) is 0 Å². The molecule has 6 heteroatoms. The number of nitrogens with one attached hydrogen (secondary N) is 2. The highest BCUT2D eigenvalue weighted by Gasteiger charge is 2.17. The normalized spacial score (nSPS) is 17.8. The quantitative estimate of drug-likeness (QED) is 0.826. The Kier molecular flexibility index (Phi) is 5.23. The number of rotatable bonds is 5. The van der Waals surface area contributed by atoms with Crippen LogP contribution in [0, 0.1) is 5.92 Å². The first-order valence-corrected chi connectivity index (χ1v) is 9.95. The number of hydrogen-bond acceptors (Lipinski definition) is 4. The van der Waals surface area contributed by atoms with E-state index in [0.29, 0.717) is 11.4 Å². The first-order chi connectivity index (χ1) is 13.2. The van der Waals surface area contributed by atoms with Crippen LogP contribution in [0.4, 0.5) is 11.5 Å². The molecule has 1 aromatic carbocycles. The third kappa shape index (κ3) is 4.38. The first kappa shape index (κ1) is 17.8. The van der Waals surface area contributed by atoms with Gasteiger partial charge in [-0.2, -0.15) is 10.2 Å². The van der Waals surface area contributed by atoms with Gasteiger partial charge >= 0.3 is 0 Å². The average Bonchev–Trinajstić information content (AvgIpc) is 3.31. The lowest BCUT2D eigenvalue weighted by molar-refractivity contribution is 0.102. The number of benzene rings is 1. The summed E-state index contributed by atoms with van der Waals surface area (Å²) in [7, 11) is 0. The molecule has 1 fully saturated rings. The van der Waals surface area contributed by atoms with E-state index in [2.05, 4.69) is 20.6 Å². The Morgan fingerprint density at radius 1 is 1.22 bits per heavy atom. The van der Waals surface area contributed by atoms with E-state index in [1.165, 1.54) is 32.1 Å². The van der Waals surface area contributed by atoms with Gasteiger partial charge in [0.1, 0.15) is 0 Å². The van der Waals surface area contributed by atoms with Gasteiger partial charge in [0, 0.05) is 36.0 Å². The van der Waals surface area contributed by atoms with Gasteiger partial charge in [-0.05, 0) is 43.5 Å². The summed E-state index contributed by atoms with van der Waals surface area (Å²) in [5, 5.41) is 16.7. The predicted molar refractivity (Wildman–Crippen MR) is 108 cm³/mol. The molecule has 1 aliphatic carbocycles. The molecule has 1 aromatic heterocycles. The highest BCUT2D eigenvalue weighted by molar-refractivity contribution is 6.04. The minimum Gasteiger partial charge on any atom is -0.305 e. The Balaban J connectivity index is 1.35. The van der Waals surface area contributed by atoms with E-state index in [9.17, 15) is 4.79 Å². The molecule has 0 unspecified atom stereocenters. The first-order valence-electron chi connectivity index (χ1n) is 9.95. The van der Waals surface area contributed by atoms with E-state index >= 15 is 0 Å². The molecular weight excluding hydrogens is 338 g/mol. The van der Waals surface area contributed by atoms with Crippen LogP contribution in [0.3, 0.4) is 0 Å². The number of aromatic nitrogens is 2. The fourth-order valence-corrected chi connectivity index (χ4v) is 3.97. The van der Waals surface area contributed by atoms with Crippen molar-refractivity contribution in [2.45, 2.75) is 51.9 Å². The number of aromatic amines is 1. The molecule has 4 rings (SSSR count). The Morgan fingerprint density at radius 2 is 2.00 bits per heavy atom. The lowest BCUT2D eigenvalue weighted by Gasteiger charge is -2.20. The third-order valence-electron chi connectivity index (χ3n) is 5.51. The molecule has 1 aliphatic heterocycles. The smallest absolute Gasteiger partial charge is 0.256 e. The van der Waals surface area contributed by atoms with E-state index in [-0.39, 0.29) is 5.91 Å². The molecule has 27 heavy (non-hydrogen) atoms. The van der Waals surface area contributed by atoms with Crippen molar-refractivity contribution in [3.05, 3.63) is 41.6 Å². The summed E-state index contributed by atoms with van der Waals surface area (Å²) >= 11 is 0. The van der Waals surface area contributed by atoms with Gasteiger partial charge in [0.15, 0.2) is 5.82 Å². The number of carbonyl (C=O) groups is 1. The zero-order valence-corrected chi connectivity index (χ0v) is 15.9. The monoisotopic (exact) mass is 365 g/mol. The second-order valence-corrected chi connectivity index (χ2v) is 7.70. The summed E-state index contributed by atoms with van der Waals surface area (Å²) in [6.07, 6.45) is 8.64. The van der Waals surface area contributed by atoms with Crippen LogP contribution in [0.2, 0.25) is 0 Å². The van der Waals surface area contributed by atoms with E-state index < -0.39 is 0 Å². The zero-order chi connectivity index (χ0) is 18.6. The lowest BCUT2D eigenvalue weighted by Crippen LogP contribution is -2.14. The summed E-state index contributed by atoms with van der Waals surface area (Å²) in [5.74, 6) is 1.19. The van der Waals surface area contributed by atoms with E-state index in [0.717, 1.165) is 42.4 Å². The molecule has 0 spiro atoms. The van der Waals surface area contributed by atoms with Crippen LogP contribution in [0.15, 0.2) is 35.4 Å². The molecule has 2 aromatic rings. The Hall–Kier alpha value is -2.63. The van der Waals surface area contributed by atoms with E-state index in [4.69, 9.17) is 0 Å². The maximum absolute atomic E-state index is 12.5. The van der Waals surface area contributed by atoms with Gasteiger partial charge in [-0.3, -0.25) is 14.9 Å². The second-order valence-electron chi connectivity index (χ2n) is 7.70. The van der Waals surface area contributed by atoms with Crippen LogP contribution in [0.1, 0.15) is 61.5 Å². The van der Waals surface area contributed by atoms with Crippen molar-refractivity contribution in [2.24, 2.45) is 11.0 Å². The van der Waals surface area contributed by atoms with Gasteiger partial charge in [-0.25, -0.2) is 0 Å². The molecule has 6 nitrogen and oxygen atoms in total. The minimum atomic E-state index is -0.140. The molecule has 0 atom stereocenters. The number of hydrogen-bond donors (Lipinski definition) is 2. The van der Waals surface area contributed by atoms with Gasteiger partial charge in [0.25, 0.3) is 5.91 Å². The molecule has 1 saturated carbocycles. The standard InChI is InChI=1S/C21H27N5O/c1-15-11-12-26(25-15)19-9-7-17(8-10-19)21(27)22-20-14-18(23-24-20)13-16-5-3-2-4-6-16/h7-10,14,16H,2-6,11-13H2,1H3,(H2,22,23,24,27). The summed E-state index contributed by atoms with van der Waals surface area (Å²) < 4.78 is 0. The Morgan fingerprint density at radius 3 is 2.70 bits per heavy atom. The molecule has 1 amide bonds. The number of carbonyl (C=O) groups excluding carboxylic acids is 1. The van der Waals surface area contributed by atoms with Gasteiger partial charge < -0.3 is 5.32 Å². The number of H-pyrrole nitrogens is 1. The highest BCUT2D eigenvalue weighted by Crippen LogP contribution is 2.27. The molecule has 0 bridgehead atoms. The minimum absolute atomic E-state index is 0.140. The Bertz CT molecular complexity index is 817. The van der Waals surface area contributed by atoms with Crippen molar-refractivity contribution >= 4 is 23.1 Å². The summed E-state index contributed by atoms with van der Waals surface area (Å²) in [6, 6.07) is 9.52. The van der Waals surface area contributed by atoms with Gasteiger partial charge in [0.05, 0.1) is 5.69 Å². The van der Waals surface area contributed by atoms with Crippen molar-refractivity contribution in [3.8, 4) is 0 Å². The predicted octanol–water partition coefficient (Wildman–Crippen LogP) is 4.37. The largest absolute Gasteiger partial charge is 0.305 e. The van der Waals surface area contributed by atoms with Crippen LogP contribution in [-0.4, -0.2) is 28.4 Å². The van der Waals surface area contributed by atoms with Gasteiger partial charge in [-0.1, -0.05) is 32.1 Å². The van der Waals surface area contributed by atoms with Crippen molar-refractivity contribution < 1.29 is 4.79 Å². The topological polar surface area (TPSA) is 73.4 Å². The van der Waals surface area contributed by atoms with Crippen LogP contribution in [0.25, 0.3) is 0 Å². The highest BCUT2D eigenvalue weighted by atomic mass is 16.1. The molecule has 2 aliphatic rings. The van der Waals surface area contributed by atoms with Crippen molar-refractivity contribution in [3.63, 3.8) is 0 Å². The number of nitrogens with zero attached hydrogens (tertiary/aromatic N) is 3. The summed E-state index contributed by atoms with van der Waals surface area (Å²) in [4.78, 5) is 12.5. The fraction of sp³-hybridized carbons (Fsp3) is 0.476. The number of anilines is 2. The fourth-order valence-electron chi connectivity index (χ4n) is 3.97. The van der Waals surface area contributed by atoms with Crippen LogP contribution < -0.4 is 10.3 Å². The summed E-state index contributed by atoms with van der Waals surface area (Å²) in [5.41, 5.74) is 3.88. The SMILES string of the molecule is CC1=NN(c2ccc(C(=O)Nc3cc(CC4CCCCC4)[nH]n3)cc2)CC1.